The normalized spacial score (nSPS) is 11.1. The van der Waals surface area contributed by atoms with Crippen LogP contribution in [0.5, 0.6) is 0 Å². The monoisotopic (exact) mass is 487 g/mol. The Morgan fingerprint density at radius 2 is 2.03 bits per heavy atom. The molecule has 0 radical (unpaired) electrons. The van der Waals surface area contributed by atoms with Gasteiger partial charge in [0.05, 0.1) is 34.3 Å². The van der Waals surface area contributed by atoms with Crippen molar-refractivity contribution in [1.82, 2.24) is 29.3 Å². The number of carbonyl (C=O) groups is 1. The summed E-state index contributed by atoms with van der Waals surface area (Å²) in [6, 6.07) is 9.25. The van der Waals surface area contributed by atoms with Gasteiger partial charge in [-0.1, -0.05) is 23.7 Å². The van der Waals surface area contributed by atoms with E-state index in [0.717, 1.165) is 21.4 Å². The molecule has 0 saturated carbocycles. The topological polar surface area (TPSA) is 82.6 Å². The van der Waals surface area contributed by atoms with Crippen molar-refractivity contribution in [3.63, 3.8) is 0 Å². The first kappa shape index (κ1) is 20.4. The lowest BCUT2D eigenvalue weighted by molar-refractivity contribution is 0.102. The second-order valence-corrected chi connectivity index (χ2v) is 8.11. The zero-order chi connectivity index (χ0) is 21.3. The predicted molar refractivity (Wildman–Crippen MR) is 118 cm³/mol. The first-order chi connectivity index (χ1) is 14.4. The molecule has 10 heteroatoms. The number of halogens is 2. The summed E-state index contributed by atoms with van der Waals surface area (Å²) < 4.78 is 6.21. The van der Waals surface area contributed by atoms with Crippen LogP contribution in [0.15, 0.2) is 53.4 Å². The van der Waals surface area contributed by atoms with E-state index in [1.165, 1.54) is 0 Å². The molecule has 0 bridgehead atoms. The lowest BCUT2D eigenvalue weighted by atomic mass is 10.2. The molecule has 1 amide bonds. The molecule has 4 rings (SSSR count). The van der Waals surface area contributed by atoms with Crippen molar-refractivity contribution in [2.45, 2.75) is 27.1 Å². The molecule has 0 unspecified atom stereocenters. The molecule has 154 valence electrons. The number of benzene rings is 1. The first-order valence-corrected chi connectivity index (χ1v) is 10.4. The third kappa shape index (κ3) is 4.47. The summed E-state index contributed by atoms with van der Waals surface area (Å²) in [5.41, 5.74) is 3.85. The Kier molecular flexibility index (Phi) is 5.74. The molecule has 3 heterocycles. The van der Waals surface area contributed by atoms with Gasteiger partial charge in [0.25, 0.3) is 5.91 Å². The molecule has 0 atom stereocenters. The molecule has 8 nitrogen and oxygen atoms in total. The van der Waals surface area contributed by atoms with Gasteiger partial charge in [0.15, 0.2) is 5.69 Å². The zero-order valence-electron chi connectivity index (χ0n) is 16.4. The van der Waals surface area contributed by atoms with Gasteiger partial charge in [-0.3, -0.25) is 14.2 Å². The van der Waals surface area contributed by atoms with E-state index >= 15 is 0 Å². The molecular weight excluding hydrogens is 470 g/mol. The van der Waals surface area contributed by atoms with Crippen molar-refractivity contribution in [3.05, 3.63) is 81.1 Å². The van der Waals surface area contributed by atoms with E-state index in [0.29, 0.717) is 29.6 Å². The number of nitrogens with one attached hydrogen (secondary N) is 1. The number of aromatic nitrogens is 6. The lowest BCUT2D eigenvalue weighted by Crippen LogP contribution is -2.15. The van der Waals surface area contributed by atoms with Crippen LogP contribution in [0.3, 0.4) is 0 Å². The highest BCUT2D eigenvalue weighted by Gasteiger charge is 2.13. The molecule has 30 heavy (non-hydrogen) atoms. The Morgan fingerprint density at radius 3 is 2.77 bits per heavy atom. The van der Waals surface area contributed by atoms with Crippen molar-refractivity contribution in [3.8, 4) is 0 Å². The van der Waals surface area contributed by atoms with Gasteiger partial charge in [-0.05, 0) is 53.5 Å². The van der Waals surface area contributed by atoms with Gasteiger partial charge < -0.3 is 5.32 Å². The SMILES string of the molecule is Cc1nn(Cn2ccc(C(=O)Nc3cnn(Cc4cccc(Cl)c4)c3)n2)c(C)c1Br. The molecule has 0 fully saturated rings. The van der Waals surface area contributed by atoms with E-state index in [1.807, 2.05) is 42.8 Å². The average molecular weight is 489 g/mol. The second kappa shape index (κ2) is 8.45. The maximum Gasteiger partial charge on any atom is 0.276 e. The molecule has 0 aliphatic heterocycles. The van der Waals surface area contributed by atoms with E-state index in [2.05, 4.69) is 36.5 Å². The third-order valence-corrected chi connectivity index (χ3v) is 5.95. The van der Waals surface area contributed by atoms with E-state index in [1.54, 1.807) is 34.0 Å². The number of rotatable bonds is 6. The maximum absolute atomic E-state index is 12.5. The molecule has 1 aromatic carbocycles. The van der Waals surface area contributed by atoms with Crippen LogP contribution in [0.2, 0.25) is 5.02 Å². The van der Waals surface area contributed by atoms with Crippen LogP contribution < -0.4 is 5.32 Å². The number of aryl methyl sites for hydroxylation is 1. The van der Waals surface area contributed by atoms with Crippen LogP contribution in [0.1, 0.15) is 27.4 Å². The van der Waals surface area contributed by atoms with Crippen molar-refractivity contribution < 1.29 is 4.79 Å². The van der Waals surface area contributed by atoms with Crippen molar-refractivity contribution in [2.24, 2.45) is 0 Å². The minimum atomic E-state index is -0.300. The van der Waals surface area contributed by atoms with Crippen LogP contribution in [-0.2, 0) is 13.2 Å². The summed E-state index contributed by atoms with van der Waals surface area (Å²) in [4.78, 5) is 12.5. The van der Waals surface area contributed by atoms with Crippen LogP contribution in [0.4, 0.5) is 5.69 Å². The standard InChI is InChI=1S/C20H19BrClN7O/c1-13-19(21)14(2)29(25-13)12-27-7-6-18(26-27)20(30)24-17-9-23-28(11-17)10-15-4-3-5-16(22)8-15/h3-9,11H,10,12H2,1-2H3,(H,24,30). The Morgan fingerprint density at radius 1 is 1.20 bits per heavy atom. The molecule has 0 saturated heterocycles. The summed E-state index contributed by atoms with van der Waals surface area (Å²) in [6.45, 7) is 4.89. The minimum Gasteiger partial charge on any atom is -0.318 e. The third-order valence-electron chi connectivity index (χ3n) is 4.57. The van der Waals surface area contributed by atoms with Gasteiger partial charge in [-0.2, -0.15) is 15.3 Å². The van der Waals surface area contributed by atoms with Gasteiger partial charge in [-0.15, -0.1) is 0 Å². The second-order valence-electron chi connectivity index (χ2n) is 6.88. The highest BCUT2D eigenvalue weighted by atomic mass is 79.9. The molecule has 0 spiro atoms. The van der Waals surface area contributed by atoms with Crippen LogP contribution >= 0.6 is 27.5 Å². The Hall–Kier alpha value is -2.91. The van der Waals surface area contributed by atoms with Crippen molar-refractivity contribution >= 4 is 39.1 Å². The van der Waals surface area contributed by atoms with E-state index < -0.39 is 0 Å². The minimum absolute atomic E-state index is 0.300. The number of anilines is 1. The Balaban J connectivity index is 1.40. The van der Waals surface area contributed by atoms with E-state index in [9.17, 15) is 4.79 Å². The van der Waals surface area contributed by atoms with Crippen molar-refractivity contribution in [1.29, 1.82) is 0 Å². The van der Waals surface area contributed by atoms with Gasteiger partial charge >= 0.3 is 0 Å². The number of nitrogens with zero attached hydrogens (tertiary/aromatic N) is 6. The van der Waals surface area contributed by atoms with Crippen LogP contribution in [0.25, 0.3) is 0 Å². The number of hydrogen-bond donors (Lipinski definition) is 1. The smallest absolute Gasteiger partial charge is 0.276 e. The fourth-order valence-corrected chi connectivity index (χ4v) is 3.54. The largest absolute Gasteiger partial charge is 0.318 e. The number of hydrogen-bond acceptors (Lipinski definition) is 4. The lowest BCUT2D eigenvalue weighted by Gasteiger charge is -2.04. The fourth-order valence-electron chi connectivity index (χ4n) is 3.04. The fraction of sp³-hybridized carbons (Fsp3) is 0.200. The van der Waals surface area contributed by atoms with Gasteiger partial charge in [0.2, 0.25) is 0 Å². The Bertz CT molecular complexity index is 1210. The van der Waals surface area contributed by atoms with Crippen molar-refractivity contribution in [2.75, 3.05) is 5.32 Å². The summed E-state index contributed by atoms with van der Waals surface area (Å²) in [6.07, 6.45) is 5.12. The molecule has 0 aliphatic rings. The van der Waals surface area contributed by atoms with E-state index in [4.69, 9.17) is 11.6 Å². The molecule has 0 aliphatic carbocycles. The predicted octanol–water partition coefficient (Wildman–Crippen LogP) is 4.12. The summed E-state index contributed by atoms with van der Waals surface area (Å²) in [7, 11) is 0. The molecule has 3 aromatic heterocycles. The summed E-state index contributed by atoms with van der Waals surface area (Å²) >= 11 is 9.53. The first-order valence-electron chi connectivity index (χ1n) is 9.20. The average Bonchev–Trinajstić information content (AvgIpc) is 3.40. The summed E-state index contributed by atoms with van der Waals surface area (Å²) in [5, 5.41) is 16.6. The highest BCUT2D eigenvalue weighted by Crippen LogP contribution is 2.19. The van der Waals surface area contributed by atoms with Gasteiger partial charge in [0.1, 0.15) is 6.67 Å². The molecular formula is C20H19BrClN7O. The van der Waals surface area contributed by atoms with E-state index in [-0.39, 0.29) is 5.91 Å². The maximum atomic E-state index is 12.5. The summed E-state index contributed by atoms with van der Waals surface area (Å²) in [5.74, 6) is -0.300. The van der Waals surface area contributed by atoms with Gasteiger partial charge in [-0.25, -0.2) is 4.68 Å². The highest BCUT2D eigenvalue weighted by molar-refractivity contribution is 9.10. The van der Waals surface area contributed by atoms with Crippen LogP contribution in [0, 0.1) is 13.8 Å². The number of carbonyl (C=O) groups excluding carboxylic acids is 1. The zero-order valence-corrected chi connectivity index (χ0v) is 18.7. The quantitative estimate of drug-likeness (QED) is 0.443. The van der Waals surface area contributed by atoms with Crippen LogP contribution in [-0.4, -0.2) is 35.2 Å². The number of amides is 1. The Labute approximate surface area is 186 Å². The molecule has 4 aromatic rings. The molecule has 1 N–H and O–H groups in total. The van der Waals surface area contributed by atoms with Gasteiger partial charge in [0, 0.05) is 17.4 Å².